The van der Waals surface area contributed by atoms with Gasteiger partial charge in [-0.05, 0) is 12.1 Å². The first kappa shape index (κ1) is 13.4. The Morgan fingerprint density at radius 2 is 1.88 bits per heavy atom. The number of benzene rings is 1. The van der Waals surface area contributed by atoms with Crippen LogP contribution in [0.5, 0.6) is 0 Å². The van der Waals surface area contributed by atoms with Gasteiger partial charge in [0.1, 0.15) is 0 Å². The summed E-state index contributed by atoms with van der Waals surface area (Å²) in [6.07, 6.45) is 0. The minimum Gasteiger partial charge on any atom is -0.298 e. The van der Waals surface area contributed by atoms with Gasteiger partial charge in [-0.1, -0.05) is 44.5 Å². The van der Waals surface area contributed by atoms with E-state index in [9.17, 15) is 9.00 Å². The number of Topliss-reactive ketones (excluding diaryl/α,β-unsaturated/α-hetero) is 1. The van der Waals surface area contributed by atoms with Gasteiger partial charge in [0, 0.05) is 5.41 Å². The van der Waals surface area contributed by atoms with E-state index in [4.69, 9.17) is 11.6 Å². The van der Waals surface area contributed by atoms with Crippen molar-refractivity contribution >= 4 is 28.2 Å². The molecule has 1 rings (SSSR count). The topological polar surface area (TPSA) is 34.1 Å². The van der Waals surface area contributed by atoms with Crippen molar-refractivity contribution in [1.82, 2.24) is 0 Å². The zero-order chi connectivity index (χ0) is 12.3. The molecule has 0 aliphatic carbocycles. The van der Waals surface area contributed by atoms with E-state index >= 15 is 0 Å². The van der Waals surface area contributed by atoms with Gasteiger partial charge >= 0.3 is 0 Å². The Hall–Kier alpha value is -0.670. The van der Waals surface area contributed by atoms with Crippen LogP contribution in [0.15, 0.2) is 29.2 Å². The van der Waals surface area contributed by atoms with Crippen molar-refractivity contribution in [2.45, 2.75) is 25.7 Å². The van der Waals surface area contributed by atoms with Crippen molar-refractivity contribution in [2.75, 3.05) is 5.75 Å². The van der Waals surface area contributed by atoms with Crippen molar-refractivity contribution in [3.05, 3.63) is 29.3 Å². The van der Waals surface area contributed by atoms with Crippen LogP contribution in [0.3, 0.4) is 0 Å². The first-order valence-electron chi connectivity index (χ1n) is 4.98. The highest BCUT2D eigenvalue weighted by atomic mass is 35.5. The fourth-order valence-corrected chi connectivity index (χ4v) is 2.78. The number of carbonyl (C=O) groups excluding carboxylic acids is 1. The molecule has 0 fully saturated rings. The molecule has 4 heteroatoms. The summed E-state index contributed by atoms with van der Waals surface area (Å²) in [7, 11) is -1.35. The number of rotatable bonds is 3. The Kier molecular flexibility index (Phi) is 4.28. The molecule has 0 saturated heterocycles. The number of carbonyl (C=O) groups is 1. The standard InChI is InChI=1S/C12H15ClO2S/c1-12(2,3)11(14)8-16(15)10-7-5-4-6-9(10)13/h4-7H,8H2,1-3H3. The maximum Gasteiger partial charge on any atom is 0.151 e. The van der Waals surface area contributed by atoms with Gasteiger partial charge in [-0.25, -0.2) is 0 Å². The Balaban J connectivity index is 2.82. The third-order valence-corrected chi connectivity index (χ3v) is 3.99. The zero-order valence-corrected chi connectivity index (χ0v) is 11.2. The Bertz CT molecular complexity index is 421. The van der Waals surface area contributed by atoms with Crippen molar-refractivity contribution < 1.29 is 9.00 Å². The number of halogens is 1. The van der Waals surface area contributed by atoms with Crippen LogP contribution in [-0.4, -0.2) is 15.7 Å². The molecule has 0 amide bonds. The van der Waals surface area contributed by atoms with Gasteiger partial charge in [0.05, 0.1) is 26.5 Å². The predicted molar refractivity (Wildman–Crippen MR) is 67.2 cm³/mol. The van der Waals surface area contributed by atoms with E-state index in [-0.39, 0.29) is 11.5 Å². The van der Waals surface area contributed by atoms with Gasteiger partial charge in [0.15, 0.2) is 5.78 Å². The summed E-state index contributed by atoms with van der Waals surface area (Å²) in [6, 6.07) is 6.90. The fraction of sp³-hybridized carbons (Fsp3) is 0.417. The van der Waals surface area contributed by atoms with Crippen LogP contribution in [0.2, 0.25) is 5.02 Å². The Labute approximate surface area is 103 Å². The van der Waals surface area contributed by atoms with E-state index in [2.05, 4.69) is 0 Å². The molecule has 88 valence electrons. The highest BCUT2D eigenvalue weighted by Crippen LogP contribution is 2.21. The van der Waals surface area contributed by atoms with Gasteiger partial charge in [-0.3, -0.25) is 9.00 Å². The van der Waals surface area contributed by atoms with Crippen molar-refractivity contribution in [1.29, 1.82) is 0 Å². The number of ketones is 1. The molecular weight excluding hydrogens is 244 g/mol. The minimum absolute atomic E-state index is 0.0211. The van der Waals surface area contributed by atoms with E-state index < -0.39 is 16.2 Å². The summed E-state index contributed by atoms with van der Waals surface area (Å²) in [5.41, 5.74) is -0.461. The molecule has 1 aromatic rings. The van der Waals surface area contributed by atoms with Crippen LogP contribution < -0.4 is 0 Å². The largest absolute Gasteiger partial charge is 0.298 e. The third kappa shape index (κ3) is 3.42. The summed E-state index contributed by atoms with van der Waals surface area (Å²) < 4.78 is 11.9. The molecule has 1 atom stereocenters. The molecule has 0 heterocycles. The summed E-state index contributed by atoms with van der Waals surface area (Å²) in [6.45, 7) is 5.46. The molecule has 0 spiro atoms. The van der Waals surface area contributed by atoms with E-state index in [1.54, 1.807) is 24.3 Å². The lowest BCUT2D eigenvalue weighted by Gasteiger charge is -2.16. The zero-order valence-electron chi connectivity index (χ0n) is 9.62. The summed E-state index contributed by atoms with van der Waals surface area (Å²) >= 11 is 5.91. The molecule has 0 aliphatic rings. The lowest BCUT2D eigenvalue weighted by atomic mass is 9.92. The summed E-state index contributed by atoms with van der Waals surface area (Å²) in [5.74, 6) is -0.00139. The maximum absolute atomic E-state index is 11.9. The fourth-order valence-electron chi connectivity index (χ4n) is 1.04. The van der Waals surface area contributed by atoms with Crippen LogP contribution >= 0.6 is 11.6 Å². The van der Waals surface area contributed by atoms with Gasteiger partial charge < -0.3 is 0 Å². The van der Waals surface area contributed by atoms with Crippen molar-refractivity contribution in [2.24, 2.45) is 5.41 Å². The first-order valence-corrected chi connectivity index (χ1v) is 6.68. The smallest absolute Gasteiger partial charge is 0.151 e. The molecule has 0 saturated carbocycles. The average molecular weight is 259 g/mol. The molecule has 0 radical (unpaired) electrons. The summed E-state index contributed by atoms with van der Waals surface area (Å²) in [5, 5.41) is 0.447. The quantitative estimate of drug-likeness (QED) is 0.835. The second kappa shape index (κ2) is 5.11. The van der Waals surface area contributed by atoms with Crippen LogP contribution in [0.1, 0.15) is 20.8 Å². The highest BCUT2D eigenvalue weighted by molar-refractivity contribution is 7.86. The molecule has 0 bridgehead atoms. The molecule has 0 aliphatic heterocycles. The van der Waals surface area contributed by atoms with Gasteiger partial charge in [-0.2, -0.15) is 0 Å². The van der Waals surface area contributed by atoms with Crippen LogP contribution in [0.4, 0.5) is 0 Å². The van der Waals surface area contributed by atoms with Crippen LogP contribution in [0, 0.1) is 5.41 Å². The van der Waals surface area contributed by atoms with E-state index in [1.165, 1.54) is 0 Å². The maximum atomic E-state index is 11.9. The van der Waals surface area contributed by atoms with Crippen LogP contribution in [-0.2, 0) is 15.6 Å². The molecule has 2 nitrogen and oxygen atoms in total. The highest BCUT2D eigenvalue weighted by Gasteiger charge is 2.24. The summed E-state index contributed by atoms with van der Waals surface area (Å²) in [4.78, 5) is 12.3. The second-order valence-corrected chi connectivity index (χ2v) is 6.42. The third-order valence-electron chi connectivity index (χ3n) is 2.18. The second-order valence-electron chi connectivity index (χ2n) is 4.59. The molecule has 16 heavy (non-hydrogen) atoms. The Morgan fingerprint density at radius 3 is 2.38 bits per heavy atom. The minimum atomic E-state index is -1.35. The molecule has 1 unspecified atom stereocenters. The lowest BCUT2D eigenvalue weighted by molar-refractivity contribution is -0.123. The van der Waals surface area contributed by atoms with Crippen molar-refractivity contribution in [3.63, 3.8) is 0 Å². The van der Waals surface area contributed by atoms with Crippen molar-refractivity contribution in [3.8, 4) is 0 Å². The molecule has 0 N–H and O–H groups in total. The van der Waals surface area contributed by atoms with Gasteiger partial charge in [-0.15, -0.1) is 0 Å². The average Bonchev–Trinajstić information content (AvgIpc) is 2.16. The first-order chi connectivity index (χ1) is 7.32. The van der Waals surface area contributed by atoms with E-state index in [1.807, 2.05) is 20.8 Å². The molecule has 1 aromatic carbocycles. The van der Waals surface area contributed by atoms with E-state index in [0.717, 1.165) is 0 Å². The Morgan fingerprint density at radius 1 is 1.31 bits per heavy atom. The van der Waals surface area contributed by atoms with Crippen LogP contribution in [0.25, 0.3) is 0 Å². The predicted octanol–water partition coefficient (Wildman–Crippen LogP) is 3.06. The molecule has 0 aromatic heterocycles. The molecular formula is C12H15ClO2S. The monoisotopic (exact) mass is 258 g/mol. The van der Waals surface area contributed by atoms with Gasteiger partial charge in [0.25, 0.3) is 0 Å². The lowest BCUT2D eigenvalue weighted by Crippen LogP contribution is -2.25. The normalized spacial score (nSPS) is 13.5. The van der Waals surface area contributed by atoms with E-state index in [0.29, 0.717) is 9.92 Å². The number of hydrogen-bond donors (Lipinski definition) is 0. The SMILES string of the molecule is CC(C)(C)C(=O)CS(=O)c1ccccc1Cl. The van der Waals surface area contributed by atoms with Gasteiger partial charge in [0.2, 0.25) is 0 Å². The number of hydrogen-bond acceptors (Lipinski definition) is 2.